The van der Waals surface area contributed by atoms with Gasteiger partial charge in [0, 0.05) is 5.39 Å². The minimum absolute atomic E-state index is 0.154. The molecule has 0 aliphatic heterocycles. The molecule has 6 heteroatoms. The molecule has 2 aromatic rings. The van der Waals surface area contributed by atoms with E-state index in [4.69, 9.17) is 20.8 Å². The van der Waals surface area contributed by atoms with Crippen LogP contribution >= 0.6 is 0 Å². The standard InChI is InChI=1S/C12H11N5O/c1-7-4-8-5-9(2-3-11(8)18-7)16-17-10(6-13)12(14)15/h2-5,16H,1H3,(H3,14,15)/b17-10+. The molecule has 0 amide bonds. The summed E-state index contributed by atoms with van der Waals surface area (Å²) < 4.78 is 5.44. The lowest BCUT2D eigenvalue weighted by molar-refractivity contribution is 0.578. The average Bonchev–Trinajstić information content (AvgIpc) is 2.68. The molecule has 0 radical (unpaired) electrons. The van der Waals surface area contributed by atoms with Crippen molar-refractivity contribution in [2.24, 2.45) is 10.8 Å². The van der Waals surface area contributed by atoms with Crippen LogP contribution in [0.2, 0.25) is 0 Å². The monoisotopic (exact) mass is 241 g/mol. The highest BCUT2D eigenvalue weighted by Crippen LogP contribution is 2.22. The van der Waals surface area contributed by atoms with Gasteiger partial charge < -0.3 is 10.2 Å². The van der Waals surface area contributed by atoms with Crippen molar-refractivity contribution in [2.75, 3.05) is 5.43 Å². The molecule has 1 aromatic heterocycles. The maximum atomic E-state index is 8.69. The summed E-state index contributed by atoms with van der Waals surface area (Å²) >= 11 is 0. The van der Waals surface area contributed by atoms with E-state index in [2.05, 4.69) is 10.5 Å². The second-order valence-electron chi connectivity index (χ2n) is 3.71. The van der Waals surface area contributed by atoms with Crippen LogP contribution in [-0.2, 0) is 0 Å². The lowest BCUT2D eigenvalue weighted by Gasteiger charge is -2.00. The Morgan fingerprint density at radius 3 is 2.94 bits per heavy atom. The predicted octanol–water partition coefficient (Wildman–Crippen LogP) is 1.97. The van der Waals surface area contributed by atoms with Gasteiger partial charge in [0.1, 0.15) is 17.4 Å². The molecule has 2 rings (SSSR count). The van der Waals surface area contributed by atoms with Crippen LogP contribution in [0.1, 0.15) is 5.76 Å². The number of fused-ring (bicyclic) bond motifs is 1. The van der Waals surface area contributed by atoms with Gasteiger partial charge in [-0.3, -0.25) is 10.8 Å². The third-order valence-electron chi connectivity index (χ3n) is 2.30. The van der Waals surface area contributed by atoms with Crippen LogP contribution in [-0.4, -0.2) is 11.5 Å². The molecule has 0 aliphatic rings. The van der Waals surface area contributed by atoms with Crippen LogP contribution in [0.3, 0.4) is 0 Å². The Morgan fingerprint density at radius 1 is 1.50 bits per heavy atom. The summed E-state index contributed by atoms with van der Waals surface area (Å²) in [6, 6.07) is 9.05. The number of hydrogen-bond donors (Lipinski definition) is 3. The van der Waals surface area contributed by atoms with E-state index in [1.54, 1.807) is 18.2 Å². The highest BCUT2D eigenvalue weighted by molar-refractivity contribution is 6.45. The van der Waals surface area contributed by atoms with Crippen LogP contribution in [0.15, 0.2) is 33.8 Å². The summed E-state index contributed by atoms with van der Waals surface area (Å²) in [5.74, 6) is 0.456. The zero-order chi connectivity index (χ0) is 13.1. The first-order chi connectivity index (χ1) is 8.60. The fraction of sp³-hybridized carbons (Fsp3) is 0.0833. The van der Waals surface area contributed by atoms with Gasteiger partial charge in [0.15, 0.2) is 5.84 Å². The molecule has 0 unspecified atom stereocenters. The van der Waals surface area contributed by atoms with Gasteiger partial charge >= 0.3 is 0 Å². The van der Waals surface area contributed by atoms with E-state index >= 15 is 0 Å². The molecule has 1 heterocycles. The first kappa shape index (κ1) is 11.7. The number of rotatable bonds is 3. The maximum absolute atomic E-state index is 8.69. The molecule has 18 heavy (non-hydrogen) atoms. The van der Waals surface area contributed by atoms with E-state index in [9.17, 15) is 0 Å². The summed E-state index contributed by atoms with van der Waals surface area (Å²) in [5, 5.41) is 20.5. The van der Waals surface area contributed by atoms with E-state index in [0.29, 0.717) is 5.69 Å². The molecule has 0 aliphatic carbocycles. The number of hydrogen-bond acceptors (Lipinski definition) is 5. The Balaban J connectivity index is 2.27. The molecule has 90 valence electrons. The Bertz CT molecular complexity index is 677. The normalized spacial score (nSPS) is 11.2. The van der Waals surface area contributed by atoms with Gasteiger partial charge in [0.2, 0.25) is 5.71 Å². The second-order valence-corrected chi connectivity index (χ2v) is 3.71. The summed E-state index contributed by atoms with van der Waals surface area (Å²) in [4.78, 5) is 0. The number of amidine groups is 1. The SMILES string of the molecule is Cc1cc2cc(N/N=C(\C#N)C(=N)N)ccc2o1. The third-order valence-corrected chi connectivity index (χ3v) is 2.30. The van der Waals surface area contributed by atoms with Gasteiger partial charge in [0.25, 0.3) is 0 Å². The van der Waals surface area contributed by atoms with Crippen molar-refractivity contribution in [3.05, 3.63) is 30.0 Å². The molecular weight excluding hydrogens is 230 g/mol. The molecule has 0 bridgehead atoms. The molecule has 1 aromatic carbocycles. The first-order valence-electron chi connectivity index (χ1n) is 5.18. The largest absolute Gasteiger partial charge is 0.461 e. The van der Waals surface area contributed by atoms with Crippen LogP contribution in [0.5, 0.6) is 0 Å². The number of aryl methyl sites for hydroxylation is 1. The second kappa shape index (κ2) is 4.59. The summed E-state index contributed by atoms with van der Waals surface area (Å²) in [6.45, 7) is 1.87. The smallest absolute Gasteiger partial charge is 0.201 e. The van der Waals surface area contributed by atoms with Crippen LogP contribution in [0.25, 0.3) is 11.0 Å². The molecule has 6 nitrogen and oxygen atoms in total. The molecule has 0 spiro atoms. The number of nitrogens with two attached hydrogens (primary N) is 1. The zero-order valence-electron chi connectivity index (χ0n) is 9.69. The number of nitriles is 1. The maximum Gasteiger partial charge on any atom is 0.201 e. The third kappa shape index (κ3) is 2.30. The van der Waals surface area contributed by atoms with Crippen molar-refractivity contribution in [3.63, 3.8) is 0 Å². The highest BCUT2D eigenvalue weighted by Gasteiger charge is 2.03. The highest BCUT2D eigenvalue weighted by atomic mass is 16.3. The van der Waals surface area contributed by atoms with Crippen LogP contribution < -0.4 is 11.2 Å². The van der Waals surface area contributed by atoms with Crippen LogP contribution in [0, 0.1) is 23.7 Å². The van der Waals surface area contributed by atoms with E-state index < -0.39 is 0 Å². The Kier molecular flexibility index (Phi) is 2.98. The topological polar surface area (TPSA) is 111 Å². The number of anilines is 1. The fourth-order valence-corrected chi connectivity index (χ4v) is 1.51. The molecule has 0 atom stereocenters. The van der Waals surface area contributed by atoms with Gasteiger partial charge in [-0.2, -0.15) is 10.4 Å². The van der Waals surface area contributed by atoms with E-state index in [0.717, 1.165) is 16.7 Å². The van der Waals surface area contributed by atoms with Crippen molar-refractivity contribution in [1.29, 1.82) is 10.7 Å². The number of nitrogens with one attached hydrogen (secondary N) is 2. The Hall–Kier alpha value is -2.81. The van der Waals surface area contributed by atoms with Crippen molar-refractivity contribution in [1.82, 2.24) is 0 Å². The van der Waals surface area contributed by atoms with Gasteiger partial charge in [-0.15, -0.1) is 0 Å². The zero-order valence-corrected chi connectivity index (χ0v) is 9.69. The van der Waals surface area contributed by atoms with E-state index in [1.165, 1.54) is 0 Å². The Morgan fingerprint density at radius 2 is 2.28 bits per heavy atom. The molecular formula is C12H11N5O. The number of benzene rings is 1. The van der Waals surface area contributed by atoms with Gasteiger partial charge in [0.05, 0.1) is 5.69 Å². The van der Waals surface area contributed by atoms with E-state index in [1.807, 2.05) is 19.1 Å². The molecule has 0 fully saturated rings. The van der Waals surface area contributed by atoms with Crippen molar-refractivity contribution in [3.8, 4) is 6.07 Å². The molecule has 0 saturated heterocycles. The lowest BCUT2D eigenvalue weighted by Crippen LogP contribution is -2.21. The van der Waals surface area contributed by atoms with Gasteiger partial charge in [-0.25, -0.2) is 0 Å². The van der Waals surface area contributed by atoms with Crippen molar-refractivity contribution >= 4 is 28.2 Å². The van der Waals surface area contributed by atoms with Gasteiger partial charge in [-0.1, -0.05) is 0 Å². The summed E-state index contributed by atoms with van der Waals surface area (Å²) in [6.07, 6.45) is 0. The average molecular weight is 241 g/mol. The molecule has 0 saturated carbocycles. The van der Waals surface area contributed by atoms with Crippen molar-refractivity contribution in [2.45, 2.75) is 6.92 Å². The van der Waals surface area contributed by atoms with Crippen molar-refractivity contribution < 1.29 is 4.42 Å². The predicted molar refractivity (Wildman–Crippen MR) is 69.5 cm³/mol. The summed E-state index contributed by atoms with van der Waals surface area (Å²) in [7, 11) is 0. The van der Waals surface area contributed by atoms with E-state index in [-0.39, 0.29) is 11.5 Å². The minimum atomic E-state index is -0.370. The quantitative estimate of drug-likeness (QED) is 0.433. The Labute approximate surface area is 103 Å². The van der Waals surface area contributed by atoms with Gasteiger partial charge in [-0.05, 0) is 31.2 Å². The van der Waals surface area contributed by atoms with Crippen LogP contribution in [0.4, 0.5) is 5.69 Å². The minimum Gasteiger partial charge on any atom is -0.461 e. The summed E-state index contributed by atoms with van der Waals surface area (Å²) in [5.41, 5.74) is 9.19. The lowest BCUT2D eigenvalue weighted by atomic mass is 10.2. The number of hydrazone groups is 1. The number of nitrogens with zero attached hydrogens (tertiary/aromatic N) is 2. The number of furan rings is 1. The first-order valence-corrected chi connectivity index (χ1v) is 5.18. The molecule has 4 N–H and O–H groups in total. The fourth-order valence-electron chi connectivity index (χ4n) is 1.51.